The van der Waals surface area contributed by atoms with Crippen molar-refractivity contribution in [3.63, 3.8) is 0 Å². The Bertz CT molecular complexity index is 290. The van der Waals surface area contributed by atoms with Gasteiger partial charge >= 0.3 is 5.97 Å². The van der Waals surface area contributed by atoms with E-state index in [2.05, 4.69) is 10.2 Å². The van der Waals surface area contributed by atoms with Crippen molar-refractivity contribution in [2.45, 2.75) is 44.7 Å². The summed E-state index contributed by atoms with van der Waals surface area (Å²) in [6, 6.07) is -0.686. The normalized spacial score (nSPS) is 19.4. The van der Waals surface area contributed by atoms with Crippen molar-refractivity contribution in [1.29, 1.82) is 0 Å². The molecule has 0 aliphatic carbocycles. The Balaban J connectivity index is 2.22. The van der Waals surface area contributed by atoms with Crippen molar-refractivity contribution in [3.8, 4) is 0 Å². The van der Waals surface area contributed by atoms with Crippen LogP contribution in [0, 0.1) is 0 Å². The smallest absolute Gasteiger partial charge is 0.303 e. The van der Waals surface area contributed by atoms with Crippen LogP contribution in [0.4, 0.5) is 0 Å². The molecule has 1 rings (SSSR count). The Kier molecular flexibility index (Phi) is 6.07. The highest BCUT2D eigenvalue weighted by molar-refractivity contribution is 5.82. The van der Waals surface area contributed by atoms with Crippen LogP contribution in [0.2, 0.25) is 0 Å². The third-order valence-electron chi connectivity index (χ3n) is 3.13. The van der Waals surface area contributed by atoms with Gasteiger partial charge in [0, 0.05) is 19.0 Å². The molecule has 1 saturated heterocycles. The Labute approximate surface area is 108 Å². The predicted octanol–water partition coefficient (Wildman–Crippen LogP) is -0.221. The molecule has 0 aromatic rings. The summed E-state index contributed by atoms with van der Waals surface area (Å²) in [7, 11) is 0. The maximum atomic E-state index is 11.7. The molecule has 18 heavy (non-hydrogen) atoms. The maximum absolute atomic E-state index is 11.7. The number of rotatable bonds is 7. The van der Waals surface area contributed by atoms with Crippen LogP contribution >= 0.6 is 0 Å². The molecule has 0 radical (unpaired) electrons. The third-order valence-corrected chi connectivity index (χ3v) is 3.13. The molecular formula is C12H23N3O3. The summed E-state index contributed by atoms with van der Waals surface area (Å²) in [5, 5.41) is 11.4. The first-order chi connectivity index (χ1) is 8.49. The van der Waals surface area contributed by atoms with E-state index >= 15 is 0 Å². The lowest BCUT2D eigenvalue weighted by Gasteiger charge is -2.22. The highest BCUT2D eigenvalue weighted by Crippen LogP contribution is 2.07. The molecule has 1 heterocycles. The van der Waals surface area contributed by atoms with Crippen LogP contribution in [0.3, 0.4) is 0 Å². The number of carboxylic acid groups (broad SMARTS) is 1. The Morgan fingerprint density at radius 1 is 1.39 bits per heavy atom. The van der Waals surface area contributed by atoms with Gasteiger partial charge in [-0.25, -0.2) is 0 Å². The largest absolute Gasteiger partial charge is 0.481 e. The SMILES string of the molecule is CC(CN1CCCC1)NC(=O)C(N)CCC(=O)O. The van der Waals surface area contributed by atoms with Gasteiger partial charge in [-0.3, -0.25) is 9.59 Å². The fourth-order valence-corrected chi connectivity index (χ4v) is 2.16. The first-order valence-corrected chi connectivity index (χ1v) is 6.49. The highest BCUT2D eigenvalue weighted by atomic mass is 16.4. The van der Waals surface area contributed by atoms with Gasteiger partial charge in [-0.1, -0.05) is 0 Å². The number of likely N-dealkylation sites (tertiary alicyclic amines) is 1. The van der Waals surface area contributed by atoms with E-state index < -0.39 is 12.0 Å². The van der Waals surface area contributed by atoms with Gasteiger partial charge in [0.05, 0.1) is 6.04 Å². The Hall–Kier alpha value is -1.14. The van der Waals surface area contributed by atoms with Crippen LogP contribution in [0.1, 0.15) is 32.6 Å². The topological polar surface area (TPSA) is 95.7 Å². The highest BCUT2D eigenvalue weighted by Gasteiger charge is 2.19. The van der Waals surface area contributed by atoms with E-state index in [1.165, 1.54) is 12.8 Å². The number of aliphatic carboxylic acids is 1. The zero-order chi connectivity index (χ0) is 13.5. The predicted molar refractivity (Wildman–Crippen MR) is 68.1 cm³/mol. The minimum Gasteiger partial charge on any atom is -0.481 e. The molecule has 0 saturated carbocycles. The van der Waals surface area contributed by atoms with Gasteiger partial charge in [0.25, 0.3) is 0 Å². The van der Waals surface area contributed by atoms with Crippen molar-refractivity contribution in [2.24, 2.45) is 5.73 Å². The second-order valence-corrected chi connectivity index (χ2v) is 4.96. The summed E-state index contributed by atoms with van der Waals surface area (Å²) in [4.78, 5) is 24.4. The van der Waals surface area contributed by atoms with Crippen LogP contribution in [-0.2, 0) is 9.59 Å². The zero-order valence-electron chi connectivity index (χ0n) is 10.9. The van der Waals surface area contributed by atoms with Crippen molar-refractivity contribution in [2.75, 3.05) is 19.6 Å². The maximum Gasteiger partial charge on any atom is 0.303 e. The number of carboxylic acids is 1. The van der Waals surface area contributed by atoms with Crippen LogP contribution in [0.15, 0.2) is 0 Å². The molecule has 1 aliphatic heterocycles. The van der Waals surface area contributed by atoms with E-state index in [4.69, 9.17) is 10.8 Å². The fourth-order valence-electron chi connectivity index (χ4n) is 2.16. The second-order valence-electron chi connectivity index (χ2n) is 4.96. The van der Waals surface area contributed by atoms with E-state index in [9.17, 15) is 9.59 Å². The molecule has 0 aromatic heterocycles. The molecule has 6 nitrogen and oxygen atoms in total. The van der Waals surface area contributed by atoms with Crippen molar-refractivity contribution in [1.82, 2.24) is 10.2 Å². The number of nitrogens with two attached hydrogens (primary N) is 1. The average Bonchev–Trinajstić information content (AvgIpc) is 2.78. The summed E-state index contributed by atoms with van der Waals surface area (Å²) in [5.41, 5.74) is 5.63. The molecule has 4 N–H and O–H groups in total. The van der Waals surface area contributed by atoms with E-state index in [0.29, 0.717) is 0 Å². The zero-order valence-corrected chi connectivity index (χ0v) is 10.9. The van der Waals surface area contributed by atoms with Crippen LogP contribution < -0.4 is 11.1 Å². The molecule has 104 valence electrons. The summed E-state index contributed by atoms with van der Waals surface area (Å²) in [6.45, 7) is 4.95. The van der Waals surface area contributed by atoms with Crippen LogP contribution in [0.25, 0.3) is 0 Å². The lowest BCUT2D eigenvalue weighted by atomic mass is 10.1. The molecule has 1 aliphatic rings. The van der Waals surface area contributed by atoms with Gasteiger partial charge in [-0.05, 0) is 39.3 Å². The van der Waals surface area contributed by atoms with Crippen molar-refractivity contribution in [3.05, 3.63) is 0 Å². The fraction of sp³-hybridized carbons (Fsp3) is 0.833. The van der Waals surface area contributed by atoms with Crippen LogP contribution in [-0.4, -0.2) is 53.6 Å². The summed E-state index contributed by atoms with van der Waals surface area (Å²) in [5.74, 6) is -1.19. The molecule has 0 aromatic carbocycles. The van der Waals surface area contributed by atoms with E-state index in [-0.39, 0.29) is 24.8 Å². The van der Waals surface area contributed by atoms with E-state index in [1.807, 2.05) is 6.92 Å². The second kappa shape index (κ2) is 7.33. The molecule has 6 heteroatoms. The molecular weight excluding hydrogens is 234 g/mol. The van der Waals surface area contributed by atoms with Crippen molar-refractivity contribution >= 4 is 11.9 Å². The molecule has 1 amide bonds. The summed E-state index contributed by atoms with van der Waals surface area (Å²) >= 11 is 0. The number of nitrogens with one attached hydrogen (secondary N) is 1. The average molecular weight is 257 g/mol. The number of carbonyl (C=O) groups excluding carboxylic acids is 1. The lowest BCUT2D eigenvalue weighted by molar-refractivity contribution is -0.137. The van der Waals surface area contributed by atoms with Gasteiger partial charge < -0.3 is 21.1 Å². The van der Waals surface area contributed by atoms with Gasteiger partial charge in [0.2, 0.25) is 5.91 Å². The summed E-state index contributed by atoms with van der Waals surface area (Å²) in [6.07, 6.45) is 2.55. The Morgan fingerprint density at radius 3 is 2.56 bits per heavy atom. The van der Waals surface area contributed by atoms with Crippen molar-refractivity contribution < 1.29 is 14.7 Å². The standard InChI is InChI=1S/C12H23N3O3/c1-9(8-15-6-2-3-7-15)14-12(18)10(13)4-5-11(16)17/h9-10H,2-8,13H2,1H3,(H,14,18)(H,16,17). The molecule has 2 unspecified atom stereocenters. The monoisotopic (exact) mass is 257 g/mol. The minimum absolute atomic E-state index is 0.0477. The summed E-state index contributed by atoms with van der Waals surface area (Å²) < 4.78 is 0. The quantitative estimate of drug-likeness (QED) is 0.586. The third kappa shape index (κ3) is 5.46. The first kappa shape index (κ1) is 14.9. The molecule has 1 fully saturated rings. The lowest BCUT2D eigenvalue weighted by Crippen LogP contribution is -2.48. The number of carbonyl (C=O) groups is 2. The number of amides is 1. The van der Waals surface area contributed by atoms with Crippen LogP contribution in [0.5, 0.6) is 0 Å². The number of hydrogen-bond acceptors (Lipinski definition) is 4. The number of hydrogen-bond donors (Lipinski definition) is 3. The van der Waals surface area contributed by atoms with E-state index in [0.717, 1.165) is 19.6 Å². The Morgan fingerprint density at radius 2 is 2.00 bits per heavy atom. The molecule has 2 atom stereocenters. The first-order valence-electron chi connectivity index (χ1n) is 6.49. The number of nitrogens with zero attached hydrogens (tertiary/aromatic N) is 1. The molecule has 0 bridgehead atoms. The minimum atomic E-state index is -0.927. The molecule has 0 spiro atoms. The van der Waals surface area contributed by atoms with E-state index in [1.54, 1.807) is 0 Å². The van der Waals surface area contributed by atoms with Gasteiger partial charge in [0.1, 0.15) is 0 Å². The van der Waals surface area contributed by atoms with Gasteiger partial charge in [-0.2, -0.15) is 0 Å². The van der Waals surface area contributed by atoms with Gasteiger partial charge in [0.15, 0.2) is 0 Å². The van der Waals surface area contributed by atoms with Gasteiger partial charge in [-0.15, -0.1) is 0 Å².